The summed E-state index contributed by atoms with van der Waals surface area (Å²) >= 11 is 4.89. The van der Waals surface area contributed by atoms with Gasteiger partial charge in [0.2, 0.25) is 0 Å². The molecule has 0 fully saturated rings. The van der Waals surface area contributed by atoms with Crippen LogP contribution < -0.4 is 15.2 Å². The van der Waals surface area contributed by atoms with E-state index in [2.05, 4.69) is 0 Å². The van der Waals surface area contributed by atoms with Crippen molar-refractivity contribution in [2.24, 2.45) is 5.73 Å². The Kier molecular flexibility index (Phi) is 5.77. The molecule has 0 bridgehead atoms. The molecule has 0 saturated carbocycles. The molecule has 0 aliphatic rings. The minimum atomic E-state index is 0.522. The Morgan fingerprint density at radius 1 is 1.24 bits per heavy atom. The zero-order valence-electron chi connectivity index (χ0n) is 10.4. The molecule has 3 nitrogen and oxygen atoms in total. The van der Waals surface area contributed by atoms with Gasteiger partial charge in [0, 0.05) is 6.42 Å². The van der Waals surface area contributed by atoms with E-state index in [1.165, 1.54) is 0 Å². The highest BCUT2D eigenvalue weighted by molar-refractivity contribution is 7.80. The van der Waals surface area contributed by atoms with Crippen LogP contribution in [0, 0.1) is 0 Å². The summed E-state index contributed by atoms with van der Waals surface area (Å²) in [6.07, 6.45) is 1.47. The topological polar surface area (TPSA) is 44.5 Å². The number of aryl methyl sites for hydroxylation is 1. The van der Waals surface area contributed by atoms with E-state index in [0.29, 0.717) is 24.6 Å². The summed E-state index contributed by atoms with van der Waals surface area (Å²) in [6, 6.07) is 5.84. The lowest BCUT2D eigenvalue weighted by atomic mass is 10.1. The zero-order valence-corrected chi connectivity index (χ0v) is 11.2. The molecule has 0 saturated heterocycles. The van der Waals surface area contributed by atoms with Gasteiger partial charge in [0.25, 0.3) is 0 Å². The number of thiocarbonyl (C=S) groups is 1. The molecule has 0 aliphatic heterocycles. The van der Waals surface area contributed by atoms with Crippen LogP contribution in [0.2, 0.25) is 0 Å². The fraction of sp³-hybridized carbons (Fsp3) is 0.462. The molecular formula is C13H19NO2S. The Morgan fingerprint density at radius 2 is 1.94 bits per heavy atom. The largest absolute Gasteiger partial charge is 0.494 e. The standard InChI is InChI=1S/C13H19NO2S/c1-3-15-11-6-7-12(16-4-2)10(9-11)5-8-13(14)17/h6-7,9H,3-5,8H2,1-2H3,(H2,14,17). The van der Waals surface area contributed by atoms with E-state index in [9.17, 15) is 0 Å². The molecule has 1 rings (SSSR count). The Hall–Kier alpha value is -1.29. The van der Waals surface area contributed by atoms with E-state index in [1.54, 1.807) is 0 Å². The number of hydrogen-bond donors (Lipinski definition) is 1. The lowest BCUT2D eigenvalue weighted by Gasteiger charge is -2.12. The Labute approximate surface area is 108 Å². The van der Waals surface area contributed by atoms with Crippen molar-refractivity contribution in [3.63, 3.8) is 0 Å². The summed E-state index contributed by atoms with van der Waals surface area (Å²) in [5, 5.41) is 0. The van der Waals surface area contributed by atoms with E-state index in [0.717, 1.165) is 23.5 Å². The van der Waals surface area contributed by atoms with Crippen LogP contribution in [0.4, 0.5) is 0 Å². The van der Waals surface area contributed by atoms with Gasteiger partial charge in [-0.2, -0.15) is 0 Å². The molecule has 17 heavy (non-hydrogen) atoms. The van der Waals surface area contributed by atoms with Crippen LogP contribution in [0.1, 0.15) is 25.8 Å². The average Bonchev–Trinajstić information content (AvgIpc) is 2.29. The molecule has 0 aliphatic carbocycles. The number of benzene rings is 1. The summed E-state index contributed by atoms with van der Waals surface area (Å²) in [4.78, 5) is 0.522. The summed E-state index contributed by atoms with van der Waals surface area (Å²) in [6.45, 7) is 5.23. The van der Waals surface area contributed by atoms with Crippen molar-refractivity contribution < 1.29 is 9.47 Å². The van der Waals surface area contributed by atoms with Gasteiger partial charge in [-0.1, -0.05) is 12.2 Å². The monoisotopic (exact) mass is 253 g/mol. The second-order valence-corrected chi connectivity index (χ2v) is 4.13. The SMILES string of the molecule is CCOc1ccc(OCC)c(CCC(N)=S)c1. The van der Waals surface area contributed by atoms with Crippen LogP contribution in [-0.4, -0.2) is 18.2 Å². The molecule has 94 valence electrons. The van der Waals surface area contributed by atoms with Crippen LogP contribution in [0.5, 0.6) is 11.5 Å². The van der Waals surface area contributed by atoms with Gasteiger partial charge in [0.05, 0.1) is 18.2 Å². The maximum Gasteiger partial charge on any atom is 0.122 e. The fourth-order valence-electron chi connectivity index (χ4n) is 1.56. The Balaban J connectivity index is 2.85. The van der Waals surface area contributed by atoms with Crippen LogP contribution in [0.15, 0.2) is 18.2 Å². The van der Waals surface area contributed by atoms with E-state index in [4.69, 9.17) is 27.4 Å². The highest BCUT2D eigenvalue weighted by Crippen LogP contribution is 2.25. The Morgan fingerprint density at radius 3 is 2.53 bits per heavy atom. The van der Waals surface area contributed by atoms with Crippen LogP contribution in [0.25, 0.3) is 0 Å². The molecule has 4 heteroatoms. The third kappa shape index (κ3) is 4.61. The molecule has 0 heterocycles. The lowest BCUT2D eigenvalue weighted by molar-refractivity contribution is 0.327. The highest BCUT2D eigenvalue weighted by Gasteiger charge is 2.06. The summed E-state index contributed by atoms with van der Waals surface area (Å²) in [5.74, 6) is 1.74. The molecule has 0 radical (unpaired) electrons. The van der Waals surface area contributed by atoms with Gasteiger partial charge in [0.1, 0.15) is 11.5 Å². The van der Waals surface area contributed by atoms with E-state index >= 15 is 0 Å². The number of rotatable bonds is 7. The van der Waals surface area contributed by atoms with Gasteiger partial charge in [0.15, 0.2) is 0 Å². The number of hydrogen-bond acceptors (Lipinski definition) is 3. The molecule has 2 N–H and O–H groups in total. The third-order valence-corrected chi connectivity index (χ3v) is 2.49. The Bertz CT molecular complexity index is 380. The van der Waals surface area contributed by atoms with Gasteiger partial charge >= 0.3 is 0 Å². The smallest absolute Gasteiger partial charge is 0.122 e. The van der Waals surface area contributed by atoms with Gasteiger partial charge in [-0.05, 0) is 44.0 Å². The van der Waals surface area contributed by atoms with Gasteiger partial charge in [-0.25, -0.2) is 0 Å². The van der Waals surface area contributed by atoms with Crippen molar-refractivity contribution in [1.29, 1.82) is 0 Å². The quantitative estimate of drug-likeness (QED) is 0.759. The normalized spacial score (nSPS) is 10.0. The van der Waals surface area contributed by atoms with Crippen molar-refractivity contribution in [2.75, 3.05) is 13.2 Å². The molecule has 0 atom stereocenters. The van der Waals surface area contributed by atoms with Crippen LogP contribution in [-0.2, 0) is 6.42 Å². The first-order valence-electron chi connectivity index (χ1n) is 5.84. The molecule has 0 unspecified atom stereocenters. The number of ether oxygens (including phenoxy) is 2. The minimum Gasteiger partial charge on any atom is -0.494 e. The summed E-state index contributed by atoms with van der Waals surface area (Å²) in [7, 11) is 0. The molecule has 1 aromatic rings. The predicted octanol–water partition coefficient (Wildman–Crippen LogP) is 2.70. The maximum absolute atomic E-state index is 5.56. The lowest BCUT2D eigenvalue weighted by Crippen LogP contribution is -2.09. The first-order valence-corrected chi connectivity index (χ1v) is 6.25. The second kappa shape index (κ2) is 7.12. The molecule has 0 amide bonds. The van der Waals surface area contributed by atoms with Gasteiger partial charge in [-0.15, -0.1) is 0 Å². The fourth-order valence-corrected chi connectivity index (χ4v) is 1.66. The van der Waals surface area contributed by atoms with Gasteiger partial charge in [-0.3, -0.25) is 0 Å². The van der Waals surface area contributed by atoms with E-state index < -0.39 is 0 Å². The predicted molar refractivity (Wildman–Crippen MR) is 73.9 cm³/mol. The summed E-state index contributed by atoms with van der Waals surface area (Å²) in [5.41, 5.74) is 6.61. The minimum absolute atomic E-state index is 0.522. The summed E-state index contributed by atoms with van der Waals surface area (Å²) < 4.78 is 11.0. The maximum atomic E-state index is 5.56. The van der Waals surface area contributed by atoms with Gasteiger partial charge < -0.3 is 15.2 Å². The number of nitrogens with two attached hydrogens (primary N) is 1. The molecule has 1 aromatic carbocycles. The van der Waals surface area contributed by atoms with E-state index in [-0.39, 0.29) is 0 Å². The van der Waals surface area contributed by atoms with Crippen LogP contribution >= 0.6 is 12.2 Å². The third-order valence-electron chi connectivity index (χ3n) is 2.28. The van der Waals surface area contributed by atoms with Crippen molar-refractivity contribution in [3.05, 3.63) is 23.8 Å². The first-order chi connectivity index (χ1) is 8.17. The zero-order chi connectivity index (χ0) is 12.7. The van der Waals surface area contributed by atoms with Crippen molar-refractivity contribution in [2.45, 2.75) is 26.7 Å². The first kappa shape index (κ1) is 13.8. The molecule has 0 spiro atoms. The van der Waals surface area contributed by atoms with E-state index in [1.807, 2.05) is 32.0 Å². The van der Waals surface area contributed by atoms with Crippen molar-refractivity contribution in [3.8, 4) is 11.5 Å². The highest BCUT2D eigenvalue weighted by atomic mass is 32.1. The van der Waals surface area contributed by atoms with Crippen LogP contribution in [0.3, 0.4) is 0 Å². The van der Waals surface area contributed by atoms with Crippen molar-refractivity contribution in [1.82, 2.24) is 0 Å². The average molecular weight is 253 g/mol. The van der Waals surface area contributed by atoms with Crippen molar-refractivity contribution >= 4 is 17.2 Å². The molecular weight excluding hydrogens is 234 g/mol. The molecule has 0 aromatic heterocycles. The second-order valence-electron chi connectivity index (χ2n) is 3.60.